The first-order valence-electron chi connectivity index (χ1n) is 10.1. The topological polar surface area (TPSA) is 170 Å². The van der Waals surface area contributed by atoms with Crippen LogP contribution in [0.2, 0.25) is 0 Å². The molecule has 1 heterocycles. The van der Waals surface area contributed by atoms with Gasteiger partial charge in [0.2, 0.25) is 5.91 Å². The van der Waals surface area contributed by atoms with Crippen LogP contribution in [0.15, 0.2) is 0 Å². The lowest BCUT2D eigenvalue weighted by molar-refractivity contribution is -0.309. The Morgan fingerprint density at radius 2 is 1.56 bits per heavy atom. The molecule has 1 amide bonds. The molecule has 0 aliphatic carbocycles. The summed E-state index contributed by atoms with van der Waals surface area (Å²) in [4.78, 5) is 70.9. The van der Waals surface area contributed by atoms with Crippen LogP contribution in [0, 0.1) is 0 Å². The van der Waals surface area contributed by atoms with Gasteiger partial charge in [0.15, 0.2) is 18.4 Å². The second kappa shape index (κ2) is 12.3. The Balaban J connectivity index is 3.62. The number of ether oxygens (including phenoxy) is 6. The summed E-state index contributed by atoms with van der Waals surface area (Å²) >= 11 is 0. The minimum atomic E-state index is -2.93. The van der Waals surface area contributed by atoms with E-state index in [4.69, 9.17) is 23.7 Å². The van der Waals surface area contributed by atoms with Crippen LogP contribution >= 0.6 is 0 Å². The molecular formula is C20H28FNO12. The minimum absolute atomic E-state index is 0.628. The van der Waals surface area contributed by atoms with Crippen molar-refractivity contribution in [1.29, 1.82) is 0 Å². The molecule has 192 valence electrons. The highest BCUT2D eigenvalue weighted by Gasteiger charge is 2.62. The molecule has 13 nitrogen and oxygen atoms in total. The maximum atomic E-state index is 15.2. The summed E-state index contributed by atoms with van der Waals surface area (Å²) in [5.41, 5.74) is 0. The number of carbonyl (C=O) groups is 6. The van der Waals surface area contributed by atoms with Gasteiger partial charge in [0, 0.05) is 41.0 Å². The zero-order valence-corrected chi connectivity index (χ0v) is 19.6. The van der Waals surface area contributed by atoms with Crippen molar-refractivity contribution in [3.63, 3.8) is 0 Å². The highest BCUT2D eigenvalue weighted by molar-refractivity contribution is 5.82. The molecule has 1 N–H and O–H groups in total. The summed E-state index contributed by atoms with van der Waals surface area (Å²) in [5, 5.41) is 2.40. The average Bonchev–Trinajstić information content (AvgIpc) is 2.69. The lowest BCUT2D eigenvalue weighted by atomic mass is 9.89. The fraction of sp³-hybridized carbons (Fsp3) is 0.700. The van der Waals surface area contributed by atoms with E-state index >= 15 is 4.39 Å². The van der Waals surface area contributed by atoms with E-state index in [2.05, 4.69) is 10.1 Å². The van der Waals surface area contributed by atoms with Gasteiger partial charge in [-0.1, -0.05) is 0 Å². The maximum Gasteiger partial charge on any atom is 0.382 e. The molecule has 0 spiro atoms. The zero-order valence-electron chi connectivity index (χ0n) is 19.6. The highest BCUT2D eigenvalue weighted by atomic mass is 19.1. The highest BCUT2D eigenvalue weighted by Crippen LogP contribution is 2.37. The molecule has 3 unspecified atom stereocenters. The average molecular weight is 493 g/mol. The third-order valence-corrected chi connectivity index (χ3v) is 4.50. The fourth-order valence-electron chi connectivity index (χ4n) is 3.38. The van der Waals surface area contributed by atoms with Crippen molar-refractivity contribution in [2.24, 2.45) is 0 Å². The van der Waals surface area contributed by atoms with Crippen molar-refractivity contribution in [3.05, 3.63) is 0 Å². The van der Waals surface area contributed by atoms with E-state index in [0.717, 1.165) is 41.7 Å². The molecule has 0 aromatic rings. The molecule has 1 rings (SSSR count). The first kappa shape index (κ1) is 28.7. The number of hydrogen-bond acceptors (Lipinski definition) is 12. The molecule has 0 aromatic heterocycles. The monoisotopic (exact) mass is 493 g/mol. The summed E-state index contributed by atoms with van der Waals surface area (Å²) in [6.07, 6.45) is -7.81. The van der Waals surface area contributed by atoms with E-state index < -0.39 is 85.1 Å². The molecule has 6 atom stereocenters. The largest absolute Gasteiger partial charge is 0.464 e. The summed E-state index contributed by atoms with van der Waals surface area (Å²) in [7, 11) is 0.893. The van der Waals surface area contributed by atoms with Gasteiger partial charge in [-0.05, 0) is 0 Å². The van der Waals surface area contributed by atoms with Crippen molar-refractivity contribution in [2.75, 3.05) is 13.7 Å². The maximum absolute atomic E-state index is 15.2. The Morgan fingerprint density at radius 1 is 0.971 bits per heavy atom. The molecule has 1 saturated heterocycles. The van der Waals surface area contributed by atoms with Crippen LogP contribution in [-0.4, -0.2) is 85.8 Å². The predicted molar refractivity (Wildman–Crippen MR) is 106 cm³/mol. The SMILES string of the molecule is COC(=O)[C@]1(OC(C)=O)OC([C@@H](OC(C)=O)C(COC(C)=O)OC(C)=O)[C@@H](NC(C)=O)CC1F. The van der Waals surface area contributed by atoms with Crippen molar-refractivity contribution >= 4 is 35.8 Å². The first-order valence-corrected chi connectivity index (χ1v) is 10.1. The third-order valence-electron chi connectivity index (χ3n) is 4.50. The zero-order chi connectivity index (χ0) is 26.2. The molecule has 34 heavy (non-hydrogen) atoms. The van der Waals surface area contributed by atoms with Crippen molar-refractivity contribution in [3.8, 4) is 0 Å². The van der Waals surface area contributed by atoms with E-state index in [1.807, 2.05) is 0 Å². The van der Waals surface area contributed by atoms with Gasteiger partial charge in [-0.25, -0.2) is 9.18 Å². The number of esters is 5. The smallest absolute Gasteiger partial charge is 0.382 e. The molecule has 0 saturated carbocycles. The van der Waals surface area contributed by atoms with E-state index in [1.54, 1.807) is 0 Å². The molecule has 1 aliphatic rings. The van der Waals surface area contributed by atoms with Gasteiger partial charge in [0.1, 0.15) is 12.7 Å². The minimum Gasteiger partial charge on any atom is -0.464 e. The fourth-order valence-corrected chi connectivity index (χ4v) is 3.38. The number of methoxy groups -OCH3 is 1. The molecule has 0 aromatic carbocycles. The van der Waals surface area contributed by atoms with Crippen LogP contribution in [0.5, 0.6) is 0 Å². The number of rotatable bonds is 9. The Kier molecular flexibility index (Phi) is 10.4. The van der Waals surface area contributed by atoms with E-state index in [-0.39, 0.29) is 0 Å². The number of nitrogens with one attached hydrogen (secondary N) is 1. The molecule has 1 fully saturated rings. The number of alkyl halides is 1. The number of carbonyl (C=O) groups excluding carboxylic acids is 6. The lowest BCUT2D eigenvalue weighted by Crippen LogP contribution is -2.68. The molecule has 1 aliphatic heterocycles. The molecular weight excluding hydrogens is 465 g/mol. The first-order chi connectivity index (χ1) is 15.7. The number of amides is 1. The third kappa shape index (κ3) is 7.64. The van der Waals surface area contributed by atoms with Crippen molar-refractivity contribution < 1.29 is 61.6 Å². The van der Waals surface area contributed by atoms with Crippen LogP contribution in [0.4, 0.5) is 4.39 Å². The number of halogens is 1. The van der Waals surface area contributed by atoms with Gasteiger partial charge in [0.05, 0.1) is 13.2 Å². The van der Waals surface area contributed by atoms with Gasteiger partial charge in [0.25, 0.3) is 0 Å². The Hall–Kier alpha value is -3.29. The van der Waals surface area contributed by atoms with Gasteiger partial charge in [-0.15, -0.1) is 0 Å². The molecule has 0 bridgehead atoms. The van der Waals surface area contributed by atoms with Gasteiger partial charge >= 0.3 is 35.6 Å². The van der Waals surface area contributed by atoms with Crippen LogP contribution in [0.1, 0.15) is 41.0 Å². The van der Waals surface area contributed by atoms with Crippen LogP contribution in [-0.2, 0) is 57.2 Å². The second-order valence-corrected chi connectivity index (χ2v) is 7.37. The van der Waals surface area contributed by atoms with Gasteiger partial charge < -0.3 is 33.7 Å². The Morgan fingerprint density at radius 3 is 2.00 bits per heavy atom. The molecule has 14 heteroatoms. The van der Waals surface area contributed by atoms with Crippen LogP contribution in [0.25, 0.3) is 0 Å². The predicted octanol–water partition coefficient (Wildman–Crippen LogP) is -0.523. The van der Waals surface area contributed by atoms with Gasteiger partial charge in [-0.3, -0.25) is 24.0 Å². The second-order valence-electron chi connectivity index (χ2n) is 7.37. The summed E-state index contributed by atoms with van der Waals surface area (Å²) in [6, 6.07) is -1.28. The van der Waals surface area contributed by atoms with E-state index in [9.17, 15) is 28.8 Å². The molecule has 0 radical (unpaired) electrons. The standard InChI is InChI=1S/C20H28FNO12/c1-9(23)22-14-7-16(21)20(19(28)29-6,33-13(5)27)34-17(14)18(32-12(4)26)15(31-11(3)25)8-30-10(2)24/h14-18H,7-8H2,1-6H3,(H,22,23)/t14-,15?,16?,17?,18-,20+/m0/s1. The van der Waals surface area contributed by atoms with E-state index in [1.165, 1.54) is 0 Å². The van der Waals surface area contributed by atoms with Crippen LogP contribution < -0.4 is 5.32 Å². The summed E-state index contributed by atoms with van der Waals surface area (Å²) in [5.74, 6) is -8.67. The summed E-state index contributed by atoms with van der Waals surface area (Å²) in [6.45, 7) is 4.46. The lowest BCUT2D eigenvalue weighted by Gasteiger charge is -2.46. The van der Waals surface area contributed by atoms with E-state index in [0.29, 0.717) is 0 Å². The Labute approximate surface area is 194 Å². The van der Waals surface area contributed by atoms with Crippen molar-refractivity contribution in [1.82, 2.24) is 5.32 Å². The Bertz CT molecular complexity index is 817. The number of hydrogen-bond donors (Lipinski definition) is 1. The quantitative estimate of drug-likeness (QED) is 0.322. The van der Waals surface area contributed by atoms with Crippen LogP contribution in [0.3, 0.4) is 0 Å². The summed E-state index contributed by atoms with van der Waals surface area (Å²) < 4.78 is 45.5. The van der Waals surface area contributed by atoms with Crippen molar-refractivity contribution in [2.45, 2.75) is 77.4 Å². The van der Waals surface area contributed by atoms with Gasteiger partial charge in [-0.2, -0.15) is 0 Å². The normalized spacial score (nSPS) is 25.7.